The summed E-state index contributed by atoms with van der Waals surface area (Å²) in [5, 5.41) is 13.3. The van der Waals surface area contributed by atoms with Crippen LogP contribution in [0.15, 0.2) is 58.1 Å². The summed E-state index contributed by atoms with van der Waals surface area (Å²) in [6.45, 7) is 0. The summed E-state index contributed by atoms with van der Waals surface area (Å²) in [7, 11) is 0. The van der Waals surface area contributed by atoms with E-state index < -0.39 is 0 Å². The molecule has 0 aliphatic carbocycles. The number of hydrogen-bond donors (Lipinski definition) is 2. The first kappa shape index (κ1) is 15.3. The van der Waals surface area contributed by atoms with Crippen LogP contribution in [0.3, 0.4) is 0 Å². The predicted molar refractivity (Wildman–Crippen MR) is 86.3 cm³/mol. The van der Waals surface area contributed by atoms with E-state index in [9.17, 15) is 9.90 Å². The minimum Gasteiger partial charge on any atom is -0.507 e. The van der Waals surface area contributed by atoms with Gasteiger partial charge in [0.05, 0.1) is 10.7 Å². The van der Waals surface area contributed by atoms with E-state index in [0.29, 0.717) is 17.3 Å². The van der Waals surface area contributed by atoms with Gasteiger partial charge in [-0.15, -0.1) is 0 Å². The topological polar surface area (TPSA) is 61.7 Å². The first-order valence-electron chi connectivity index (χ1n) is 6.49. The highest BCUT2D eigenvalue weighted by atomic mass is 79.9. The monoisotopic (exact) mass is 346 g/mol. The fourth-order valence-electron chi connectivity index (χ4n) is 1.74. The van der Waals surface area contributed by atoms with Crippen molar-refractivity contribution in [3.05, 3.63) is 64.1 Å². The molecule has 21 heavy (non-hydrogen) atoms. The van der Waals surface area contributed by atoms with Gasteiger partial charge in [-0.05, 0) is 51.7 Å². The Hall–Kier alpha value is -2.14. The van der Waals surface area contributed by atoms with Gasteiger partial charge in [0.15, 0.2) is 0 Å². The number of carbonyl (C=O) groups is 1. The third-order valence-electron chi connectivity index (χ3n) is 2.86. The molecule has 0 radical (unpaired) electrons. The zero-order valence-corrected chi connectivity index (χ0v) is 12.9. The summed E-state index contributed by atoms with van der Waals surface area (Å²) in [5.41, 5.74) is 4.39. The number of carbonyl (C=O) groups excluding carboxylic acids is 1. The van der Waals surface area contributed by atoms with Crippen LogP contribution in [-0.4, -0.2) is 17.2 Å². The maximum Gasteiger partial charge on any atom is 0.240 e. The maximum absolute atomic E-state index is 11.7. The summed E-state index contributed by atoms with van der Waals surface area (Å²) in [4.78, 5) is 11.7. The molecule has 0 fully saturated rings. The van der Waals surface area contributed by atoms with Crippen molar-refractivity contribution in [2.24, 2.45) is 5.10 Å². The normalized spacial score (nSPS) is 10.7. The van der Waals surface area contributed by atoms with E-state index in [1.165, 1.54) is 6.21 Å². The van der Waals surface area contributed by atoms with E-state index in [2.05, 4.69) is 26.5 Å². The quantitative estimate of drug-likeness (QED) is 0.644. The Balaban J connectivity index is 1.80. The fraction of sp³-hybridized carbons (Fsp3) is 0.125. The lowest BCUT2D eigenvalue weighted by Gasteiger charge is -2.01. The molecule has 2 aromatic rings. The smallest absolute Gasteiger partial charge is 0.240 e. The van der Waals surface area contributed by atoms with Crippen molar-refractivity contribution in [2.45, 2.75) is 12.8 Å². The molecule has 2 aromatic carbocycles. The second-order valence-electron chi connectivity index (χ2n) is 4.49. The molecule has 0 aliphatic rings. The summed E-state index contributed by atoms with van der Waals surface area (Å²) >= 11 is 3.22. The SMILES string of the molecule is O=C(CCc1ccccc1)NN=Cc1ccc(O)c(Br)c1. The molecule has 0 saturated carbocycles. The molecular formula is C16H15BrN2O2. The predicted octanol–water partition coefficient (Wildman–Crippen LogP) is 3.24. The number of halogens is 1. The molecular weight excluding hydrogens is 332 g/mol. The summed E-state index contributed by atoms with van der Waals surface area (Å²) in [6.07, 6.45) is 2.61. The molecule has 0 aromatic heterocycles. The minimum absolute atomic E-state index is 0.132. The number of amides is 1. The average molecular weight is 347 g/mol. The number of nitrogens with zero attached hydrogens (tertiary/aromatic N) is 1. The van der Waals surface area contributed by atoms with Crippen LogP contribution in [0.4, 0.5) is 0 Å². The Bertz CT molecular complexity index is 642. The average Bonchev–Trinajstić information content (AvgIpc) is 2.50. The lowest BCUT2D eigenvalue weighted by Crippen LogP contribution is -2.17. The van der Waals surface area contributed by atoms with Gasteiger partial charge in [-0.2, -0.15) is 5.10 Å². The van der Waals surface area contributed by atoms with Gasteiger partial charge in [0, 0.05) is 6.42 Å². The Morgan fingerprint density at radius 1 is 1.24 bits per heavy atom. The van der Waals surface area contributed by atoms with Crippen molar-refractivity contribution in [2.75, 3.05) is 0 Å². The van der Waals surface area contributed by atoms with Crippen molar-refractivity contribution in [3.63, 3.8) is 0 Å². The molecule has 0 heterocycles. The van der Waals surface area contributed by atoms with Crippen LogP contribution in [0.1, 0.15) is 17.5 Å². The number of aromatic hydroxyl groups is 1. The first-order valence-corrected chi connectivity index (χ1v) is 7.29. The molecule has 4 nitrogen and oxygen atoms in total. The van der Waals surface area contributed by atoms with Gasteiger partial charge in [-0.3, -0.25) is 4.79 Å². The second-order valence-corrected chi connectivity index (χ2v) is 5.34. The van der Waals surface area contributed by atoms with E-state index in [1.807, 2.05) is 30.3 Å². The molecule has 0 spiro atoms. The van der Waals surface area contributed by atoms with Gasteiger partial charge < -0.3 is 5.11 Å². The molecule has 2 rings (SSSR count). The van der Waals surface area contributed by atoms with E-state index in [-0.39, 0.29) is 11.7 Å². The second kappa shape index (κ2) is 7.59. The van der Waals surface area contributed by atoms with Crippen LogP contribution in [0.5, 0.6) is 5.75 Å². The highest BCUT2D eigenvalue weighted by Crippen LogP contribution is 2.23. The number of phenolic OH excluding ortho intramolecular Hbond substituents is 1. The van der Waals surface area contributed by atoms with Gasteiger partial charge in [0.1, 0.15) is 5.75 Å². The molecule has 108 valence electrons. The Labute approximate surface area is 131 Å². The van der Waals surface area contributed by atoms with Crippen molar-refractivity contribution < 1.29 is 9.90 Å². The van der Waals surface area contributed by atoms with Crippen LogP contribution in [0.25, 0.3) is 0 Å². The molecule has 0 aliphatic heterocycles. The van der Waals surface area contributed by atoms with Gasteiger partial charge >= 0.3 is 0 Å². The van der Waals surface area contributed by atoms with Crippen LogP contribution in [0.2, 0.25) is 0 Å². The third-order valence-corrected chi connectivity index (χ3v) is 3.49. The Kier molecular flexibility index (Phi) is 5.51. The van der Waals surface area contributed by atoms with Gasteiger partial charge in [0.2, 0.25) is 5.91 Å². The lowest BCUT2D eigenvalue weighted by molar-refractivity contribution is -0.121. The zero-order valence-electron chi connectivity index (χ0n) is 11.3. The highest BCUT2D eigenvalue weighted by Gasteiger charge is 2.01. The summed E-state index contributed by atoms with van der Waals surface area (Å²) < 4.78 is 0.585. The molecule has 2 N–H and O–H groups in total. The van der Waals surface area contributed by atoms with E-state index in [0.717, 1.165) is 11.1 Å². The van der Waals surface area contributed by atoms with Crippen LogP contribution in [0, 0.1) is 0 Å². The van der Waals surface area contributed by atoms with E-state index in [4.69, 9.17) is 0 Å². The number of hydrogen-bond acceptors (Lipinski definition) is 3. The van der Waals surface area contributed by atoms with Crippen molar-refractivity contribution >= 4 is 28.1 Å². The number of nitrogens with one attached hydrogen (secondary N) is 1. The molecule has 0 saturated heterocycles. The van der Waals surface area contributed by atoms with Gasteiger partial charge in [-0.25, -0.2) is 5.43 Å². The fourth-order valence-corrected chi connectivity index (χ4v) is 2.14. The third kappa shape index (κ3) is 5.04. The highest BCUT2D eigenvalue weighted by molar-refractivity contribution is 9.10. The van der Waals surface area contributed by atoms with Gasteiger partial charge in [0.25, 0.3) is 0 Å². The zero-order chi connectivity index (χ0) is 15.1. The Morgan fingerprint density at radius 2 is 2.00 bits per heavy atom. The standard InChI is InChI=1S/C16H15BrN2O2/c17-14-10-13(6-8-15(14)20)11-18-19-16(21)9-7-12-4-2-1-3-5-12/h1-6,8,10-11,20H,7,9H2,(H,19,21). The van der Waals surface area contributed by atoms with Crippen molar-refractivity contribution in [3.8, 4) is 5.75 Å². The largest absolute Gasteiger partial charge is 0.507 e. The number of phenols is 1. The molecule has 0 unspecified atom stereocenters. The number of hydrazone groups is 1. The van der Waals surface area contributed by atoms with Crippen molar-refractivity contribution in [1.29, 1.82) is 0 Å². The maximum atomic E-state index is 11.7. The molecule has 5 heteroatoms. The van der Waals surface area contributed by atoms with Crippen LogP contribution in [-0.2, 0) is 11.2 Å². The van der Waals surface area contributed by atoms with Crippen LogP contribution >= 0.6 is 15.9 Å². The number of aryl methyl sites for hydroxylation is 1. The Morgan fingerprint density at radius 3 is 2.71 bits per heavy atom. The number of benzene rings is 2. The van der Waals surface area contributed by atoms with E-state index >= 15 is 0 Å². The van der Waals surface area contributed by atoms with Crippen molar-refractivity contribution in [1.82, 2.24) is 5.43 Å². The minimum atomic E-state index is -0.132. The summed E-state index contributed by atoms with van der Waals surface area (Å²) in [6, 6.07) is 14.8. The van der Waals surface area contributed by atoms with E-state index in [1.54, 1.807) is 18.2 Å². The molecule has 0 atom stereocenters. The van der Waals surface area contributed by atoms with Gasteiger partial charge in [-0.1, -0.05) is 30.3 Å². The van der Waals surface area contributed by atoms with Crippen LogP contribution < -0.4 is 5.43 Å². The number of rotatable bonds is 5. The molecule has 0 bridgehead atoms. The summed E-state index contributed by atoms with van der Waals surface area (Å²) in [5.74, 6) is 0.0343. The first-order chi connectivity index (χ1) is 10.1. The lowest BCUT2D eigenvalue weighted by atomic mass is 10.1. The molecule has 1 amide bonds.